The van der Waals surface area contributed by atoms with Crippen LogP contribution in [0.3, 0.4) is 0 Å². The van der Waals surface area contributed by atoms with Gasteiger partial charge >= 0.3 is 0 Å². The number of nitrogens with one attached hydrogen (secondary N) is 1. The van der Waals surface area contributed by atoms with Crippen molar-refractivity contribution >= 4 is 6.21 Å². The molecule has 0 radical (unpaired) electrons. The Morgan fingerprint density at radius 3 is 2.18 bits per heavy atom. The lowest BCUT2D eigenvalue weighted by atomic mass is 9.92. The van der Waals surface area contributed by atoms with E-state index in [-0.39, 0.29) is 5.41 Å². The normalized spacial score (nSPS) is 11.5. The van der Waals surface area contributed by atoms with Crippen LogP contribution in [-0.4, -0.2) is 10.8 Å². The SMILES string of the molecule is CC(C)(C)c1ccc(C=N)n1-c1ccccc1. The van der Waals surface area contributed by atoms with Crippen molar-refractivity contribution in [1.82, 2.24) is 4.57 Å². The fourth-order valence-corrected chi connectivity index (χ4v) is 2.02. The summed E-state index contributed by atoms with van der Waals surface area (Å²) in [5.74, 6) is 0. The van der Waals surface area contributed by atoms with Gasteiger partial charge in [-0.15, -0.1) is 0 Å². The highest BCUT2D eigenvalue weighted by Crippen LogP contribution is 2.27. The fourth-order valence-electron chi connectivity index (χ4n) is 2.02. The molecule has 2 nitrogen and oxygen atoms in total. The zero-order chi connectivity index (χ0) is 12.5. The Balaban J connectivity index is 2.66. The zero-order valence-corrected chi connectivity index (χ0v) is 10.6. The molecule has 0 spiro atoms. The molecule has 0 aliphatic heterocycles. The molecule has 0 saturated carbocycles. The number of rotatable bonds is 2. The summed E-state index contributed by atoms with van der Waals surface area (Å²) in [5, 5.41) is 7.51. The van der Waals surface area contributed by atoms with Crippen LogP contribution in [0.4, 0.5) is 0 Å². The van der Waals surface area contributed by atoms with Gasteiger partial charge in [-0.1, -0.05) is 39.0 Å². The predicted octanol–water partition coefficient (Wildman–Crippen LogP) is 3.77. The van der Waals surface area contributed by atoms with Crippen LogP contribution in [0.1, 0.15) is 32.2 Å². The highest BCUT2D eigenvalue weighted by atomic mass is 15.0. The summed E-state index contributed by atoms with van der Waals surface area (Å²) in [6.45, 7) is 6.57. The second kappa shape index (κ2) is 4.21. The summed E-state index contributed by atoms with van der Waals surface area (Å²) in [5.41, 5.74) is 3.32. The van der Waals surface area contributed by atoms with Crippen LogP contribution >= 0.6 is 0 Å². The van der Waals surface area contributed by atoms with Crippen LogP contribution in [0, 0.1) is 5.41 Å². The smallest absolute Gasteiger partial charge is 0.0634 e. The lowest BCUT2D eigenvalue weighted by molar-refractivity contribution is 0.556. The van der Waals surface area contributed by atoms with Gasteiger partial charge in [0.25, 0.3) is 0 Å². The minimum Gasteiger partial charge on any atom is -0.312 e. The van der Waals surface area contributed by atoms with Crippen molar-refractivity contribution in [3.8, 4) is 5.69 Å². The van der Waals surface area contributed by atoms with Gasteiger partial charge in [-0.2, -0.15) is 0 Å². The molecule has 0 unspecified atom stereocenters. The number of para-hydroxylation sites is 1. The van der Waals surface area contributed by atoms with Crippen molar-refractivity contribution in [3.63, 3.8) is 0 Å². The third-order valence-electron chi connectivity index (χ3n) is 2.84. The second-order valence-electron chi connectivity index (χ2n) is 5.21. The fraction of sp³-hybridized carbons (Fsp3) is 0.267. The van der Waals surface area contributed by atoms with Crippen LogP contribution in [0.2, 0.25) is 0 Å². The van der Waals surface area contributed by atoms with E-state index in [1.807, 2.05) is 24.3 Å². The summed E-state index contributed by atoms with van der Waals surface area (Å²) in [4.78, 5) is 0. The Bertz CT molecular complexity index is 516. The Hall–Kier alpha value is -1.83. The monoisotopic (exact) mass is 226 g/mol. The summed E-state index contributed by atoms with van der Waals surface area (Å²) in [6, 6.07) is 14.3. The van der Waals surface area contributed by atoms with Crippen molar-refractivity contribution in [2.45, 2.75) is 26.2 Å². The molecule has 0 bridgehead atoms. The van der Waals surface area contributed by atoms with E-state index in [1.54, 1.807) is 0 Å². The number of aromatic nitrogens is 1. The lowest BCUT2D eigenvalue weighted by Gasteiger charge is -2.22. The van der Waals surface area contributed by atoms with Gasteiger partial charge < -0.3 is 9.98 Å². The second-order valence-corrected chi connectivity index (χ2v) is 5.21. The minimum absolute atomic E-state index is 0.0666. The molecule has 17 heavy (non-hydrogen) atoms. The molecular weight excluding hydrogens is 208 g/mol. The summed E-state index contributed by atoms with van der Waals surface area (Å²) in [6.07, 6.45) is 1.40. The maximum Gasteiger partial charge on any atom is 0.0634 e. The first-order valence-corrected chi connectivity index (χ1v) is 5.82. The first kappa shape index (κ1) is 11.6. The summed E-state index contributed by atoms with van der Waals surface area (Å²) in [7, 11) is 0. The average Bonchev–Trinajstić information content (AvgIpc) is 2.73. The van der Waals surface area contributed by atoms with Crippen molar-refractivity contribution in [3.05, 3.63) is 53.9 Å². The van der Waals surface area contributed by atoms with Gasteiger partial charge in [0.15, 0.2) is 0 Å². The molecule has 1 aromatic heterocycles. The lowest BCUT2D eigenvalue weighted by Crippen LogP contribution is -2.17. The number of hydrogen-bond acceptors (Lipinski definition) is 1. The Morgan fingerprint density at radius 1 is 1.00 bits per heavy atom. The van der Waals surface area contributed by atoms with Gasteiger partial charge in [0.2, 0.25) is 0 Å². The quantitative estimate of drug-likeness (QED) is 0.755. The van der Waals surface area contributed by atoms with Crippen LogP contribution < -0.4 is 0 Å². The highest BCUT2D eigenvalue weighted by molar-refractivity contribution is 5.76. The van der Waals surface area contributed by atoms with Crippen molar-refractivity contribution in [1.29, 1.82) is 5.41 Å². The Labute approximate surface area is 102 Å². The third-order valence-corrected chi connectivity index (χ3v) is 2.84. The van der Waals surface area contributed by atoms with E-state index in [0.29, 0.717) is 0 Å². The van der Waals surface area contributed by atoms with E-state index in [0.717, 1.165) is 11.4 Å². The molecular formula is C15H18N2. The standard InChI is InChI=1S/C15H18N2/c1-15(2,3)14-10-9-13(11-16)17(14)12-7-5-4-6-8-12/h4-11,16H,1-3H3. The van der Waals surface area contributed by atoms with E-state index in [1.165, 1.54) is 11.9 Å². The van der Waals surface area contributed by atoms with E-state index < -0.39 is 0 Å². The van der Waals surface area contributed by atoms with Gasteiger partial charge in [0.05, 0.1) is 5.69 Å². The number of hydrogen-bond donors (Lipinski definition) is 1. The van der Waals surface area contributed by atoms with E-state index in [4.69, 9.17) is 5.41 Å². The van der Waals surface area contributed by atoms with Crippen LogP contribution in [-0.2, 0) is 5.41 Å². The molecule has 1 heterocycles. The van der Waals surface area contributed by atoms with Crippen molar-refractivity contribution in [2.24, 2.45) is 0 Å². The molecule has 0 fully saturated rings. The number of nitrogens with zero attached hydrogens (tertiary/aromatic N) is 1. The Kier molecular flexibility index (Phi) is 2.88. The van der Waals surface area contributed by atoms with E-state index >= 15 is 0 Å². The Morgan fingerprint density at radius 2 is 1.65 bits per heavy atom. The topological polar surface area (TPSA) is 28.8 Å². The van der Waals surface area contributed by atoms with Gasteiger partial charge in [-0.3, -0.25) is 0 Å². The van der Waals surface area contributed by atoms with Gasteiger partial charge in [-0.25, -0.2) is 0 Å². The molecule has 0 atom stereocenters. The average molecular weight is 226 g/mol. The number of benzene rings is 1. The molecule has 2 rings (SSSR count). The first-order valence-electron chi connectivity index (χ1n) is 5.82. The van der Waals surface area contributed by atoms with E-state index in [2.05, 4.69) is 43.5 Å². The molecule has 2 aromatic rings. The largest absolute Gasteiger partial charge is 0.312 e. The molecule has 0 aliphatic carbocycles. The molecule has 0 aliphatic rings. The van der Waals surface area contributed by atoms with Crippen LogP contribution in [0.25, 0.3) is 5.69 Å². The van der Waals surface area contributed by atoms with Gasteiger partial charge in [0.1, 0.15) is 0 Å². The summed E-state index contributed by atoms with van der Waals surface area (Å²) >= 11 is 0. The molecule has 1 aromatic carbocycles. The highest BCUT2D eigenvalue weighted by Gasteiger charge is 2.20. The first-order chi connectivity index (χ1) is 8.04. The summed E-state index contributed by atoms with van der Waals surface area (Å²) < 4.78 is 2.15. The molecule has 0 saturated heterocycles. The van der Waals surface area contributed by atoms with Crippen LogP contribution in [0.15, 0.2) is 42.5 Å². The zero-order valence-electron chi connectivity index (χ0n) is 10.6. The molecule has 0 amide bonds. The van der Waals surface area contributed by atoms with Gasteiger partial charge in [-0.05, 0) is 24.3 Å². The molecule has 88 valence electrons. The predicted molar refractivity (Wildman–Crippen MR) is 72.4 cm³/mol. The van der Waals surface area contributed by atoms with Crippen LogP contribution in [0.5, 0.6) is 0 Å². The maximum atomic E-state index is 7.51. The maximum absolute atomic E-state index is 7.51. The van der Waals surface area contributed by atoms with Crippen molar-refractivity contribution in [2.75, 3.05) is 0 Å². The third kappa shape index (κ3) is 2.16. The van der Waals surface area contributed by atoms with Gasteiger partial charge in [0, 0.05) is 23.0 Å². The molecule has 1 N–H and O–H groups in total. The van der Waals surface area contributed by atoms with Crippen molar-refractivity contribution < 1.29 is 0 Å². The minimum atomic E-state index is 0.0666. The van der Waals surface area contributed by atoms with E-state index in [9.17, 15) is 0 Å². The molecule has 2 heteroatoms.